The molecule has 5 heteroatoms. The molecule has 1 heterocycles. The summed E-state index contributed by atoms with van der Waals surface area (Å²) in [5.74, 6) is 0. The third-order valence-corrected chi connectivity index (χ3v) is 3.03. The molecular weight excluding hydrogens is 252 g/mol. The van der Waals surface area contributed by atoms with Crippen molar-refractivity contribution in [2.75, 3.05) is 0 Å². The molecule has 0 amide bonds. The number of halogens is 1. The van der Waals surface area contributed by atoms with Gasteiger partial charge in [-0.2, -0.15) is 9.78 Å². The molecule has 0 unspecified atom stereocenters. The van der Waals surface area contributed by atoms with Gasteiger partial charge in [0.15, 0.2) is 0 Å². The molecule has 18 heavy (non-hydrogen) atoms. The second-order valence-electron chi connectivity index (χ2n) is 4.09. The molecule has 4 nitrogen and oxygen atoms in total. The number of benzene rings is 1. The lowest BCUT2D eigenvalue weighted by Crippen LogP contribution is -2.23. The van der Waals surface area contributed by atoms with Gasteiger partial charge in [0.1, 0.15) is 0 Å². The quantitative estimate of drug-likeness (QED) is 0.903. The minimum atomic E-state index is -0.282. The van der Waals surface area contributed by atoms with Crippen LogP contribution in [0, 0.1) is 13.8 Å². The first-order valence-electron chi connectivity index (χ1n) is 5.50. The van der Waals surface area contributed by atoms with Crippen molar-refractivity contribution in [1.82, 2.24) is 9.78 Å². The summed E-state index contributed by atoms with van der Waals surface area (Å²) in [6.07, 6.45) is 0. The van der Waals surface area contributed by atoms with E-state index >= 15 is 0 Å². The van der Waals surface area contributed by atoms with Gasteiger partial charge in [0.25, 0.3) is 5.56 Å². The minimum Gasteiger partial charge on any atom is -0.392 e. The van der Waals surface area contributed by atoms with Crippen molar-refractivity contribution in [2.45, 2.75) is 20.5 Å². The maximum atomic E-state index is 12.0. The van der Waals surface area contributed by atoms with E-state index in [4.69, 9.17) is 16.7 Å². The van der Waals surface area contributed by atoms with Crippen molar-refractivity contribution in [3.8, 4) is 5.69 Å². The second kappa shape index (κ2) is 4.92. The van der Waals surface area contributed by atoms with Gasteiger partial charge in [-0.3, -0.25) is 4.79 Å². The summed E-state index contributed by atoms with van der Waals surface area (Å²) in [5.41, 5.74) is 2.44. The first-order valence-corrected chi connectivity index (χ1v) is 5.88. The summed E-state index contributed by atoms with van der Waals surface area (Å²) in [5, 5.41) is 13.8. The van der Waals surface area contributed by atoms with Crippen LogP contribution in [0.1, 0.15) is 16.8 Å². The van der Waals surface area contributed by atoms with E-state index in [9.17, 15) is 4.79 Å². The summed E-state index contributed by atoms with van der Waals surface area (Å²) in [6.45, 7) is 3.44. The molecule has 0 saturated carbocycles. The Hall–Kier alpha value is -1.65. The molecular formula is C13H13ClN2O2. The molecule has 2 aromatic rings. The van der Waals surface area contributed by atoms with Crippen molar-refractivity contribution in [3.63, 3.8) is 0 Å². The molecule has 0 aliphatic carbocycles. The van der Waals surface area contributed by atoms with Gasteiger partial charge in [-0.1, -0.05) is 17.7 Å². The molecule has 2 rings (SSSR count). The lowest BCUT2D eigenvalue weighted by Gasteiger charge is -2.10. The third kappa shape index (κ3) is 2.30. The van der Waals surface area contributed by atoms with Crippen molar-refractivity contribution in [1.29, 1.82) is 0 Å². The maximum Gasteiger partial charge on any atom is 0.271 e. The van der Waals surface area contributed by atoms with E-state index in [1.165, 1.54) is 10.7 Å². The standard InChI is InChI=1S/C13H13ClN2O2/c1-8-3-4-11(14)6-12(8)16-13(18)5-10(7-17)9(2)15-16/h3-6,17H,7H2,1-2H3. The first kappa shape index (κ1) is 12.8. The number of aryl methyl sites for hydroxylation is 2. The van der Waals surface area contributed by atoms with Crippen LogP contribution in [0.5, 0.6) is 0 Å². The van der Waals surface area contributed by atoms with Crippen molar-refractivity contribution >= 4 is 11.6 Å². The van der Waals surface area contributed by atoms with Gasteiger partial charge in [0, 0.05) is 16.7 Å². The zero-order valence-electron chi connectivity index (χ0n) is 10.1. The number of aromatic nitrogens is 2. The summed E-state index contributed by atoms with van der Waals surface area (Å²) in [4.78, 5) is 12.0. The largest absolute Gasteiger partial charge is 0.392 e. The van der Waals surface area contributed by atoms with Crippen LogP contribution in [0.15, 0.2) is 29.1 Å². The van der Waals surface area contributed by atoms with Crippen molar-refractivity contribution < 1.29 is 5.11 Å². The highest BCUT2D eigenvalue weighted by atomic mass is 35.5. The molecule has 0 bridgehead atoms. The van der Waals surface area contributed by atoms with E-state index in [0.29, 0.717) is 22.0 Å². The van der Waals surface area contributed by atoms with E-state index in [1.54, 1.807) is 19.1 Å². The van der Waals surface area contributed by atoms with Crippen LogP contribution in [-0.2, 0) is 6.61 Å². The lowest BCUT2D eigenvalue weighted by atomic mass is 10.2. The normalized spacial score (nSPS) is 10.7. The molecule has 0 spiro atoms. The van der Waals surface area contributed by atoms with Gasteiger partial charge >= 0.3 is 0 Å². The predicted molar refractivity (Wildman–Crippen MR) is 70.2 cm³/mol. The molecule has 0 radical (unpaired) electrons. The van der Waals surface area contributed by atoms with Crippen molar-refractivity contribution in [3.05, 3.63) is 56.5 Å². The number of aliphatic hydroxyl groups is 1. The SMILES string of the molecule is Cc1ccc(Cl)cc1-n1nc(C)c(CO)cc1=O. The maximum absolute atomic E-state index is 12.0. The Labute approximate surface area is 109 Å². The van der Waals surface area contributed by atoms with E-state index in [2.05, 4.69) is 5.10 Å². The fraction of sp³-hybridized carbons (Fsp3) is 0.231. The number of hydrogen-bond acceptors (Lipinski definition) is 3. The Bertz CT molecular complexity index is 650. The number of rotatable bonds is 2. The van der Waals surface area contributed by atoms with E-state index in [-0.39, 0.29) is 12.2 Å². The van der Waals surface area contributed by atoms with Crippen LogP contribution in [-0.4, -0.2) is 14.9 Å². The lowest BCUT2D eigenvalue weighted by molar-refractivity contribution is 0.279. The Morgan fingerprint density at radius 1 is 1.33 bits per heavy atom. The third-order valence-electron chi connectivity index (χ3n) is 2.79. The highest BCUT2D eigenvalue weighted by Gasteiger charge is 2.09. The van der Waals surface area contributed by atoms with Gasteiger partial charge in [0.2, 0.25) is 0 Å². The molecule has 0 saturated heterocycles. The minimum absolute atomic E-state index is 0.191. The summed E-state index contributed by atoms with van der Waals surface area (Å²) >= 11 is 5.93. The zero-order chi connectivity index (χ0) is 13.3. The van der Waals surface area contributed by atoms with Crippen LogP contribution in [0.2, 0.25) is 5.02 Å². The number of hydrogen-bond donors (Lipinski definition) is 1. The van der Waals surface area contributed by atoms with Gasteiger partial charge in [-0.25, -0.2) is 0 Å². The van der Waals surface area contributed by atoms with Gasteiger partial charge in [-0.15, -0.1) is 0 Å². The molecule has 0 aliphatic heterocycles. The number of nitrogens with zero attached hydrogens (tertiary/aromatic N) is 2. The fourth-order valence-electron chi connectivity index (χ4n) is 1.72. The average molecular weight is 265 g/mol. The first-order chi connectivity index (χ1) is 8.52. The monoisotopic (exact) mass is 264 g/mol. The Morgan fingerprint density at radius 2 is 2.06 bits per heavy atom. The Balaban J connectivity index is 2.68. The van der Waals surface area contributed by atoms with E-state index in [1.807, 2.05) is 13.0 Å². The summed E-state index contributed by atoms with van der Waals surface area (Å²) in [6, 6.07) is 6.69. The Morgan fingerprint density at radius 3 is 2.72 bits per heavy atom. The molecule has 94 valence electrons. The summed E-state index contributed by atoms with van der Waals surface area (Å²) < 4.78 is 1.30. The second-order valence-corrected chi connectivity index (χ2v) is 4.53. The molecule has 0 aliphatic rings. The Kier molecular flexibility index (Phi) is 3.50. The molecule has 1 N–H and O–H groups in total. The van der Waals surface area contributed by atoms with Crippen LogP contribution in [0.4, 0.5) is 0 Å². The highest BCUT2D eigenvalue weighted by Crippen LogP contribution is 2.17. The molecule has 0 atom stereocenters. The summed E-state index contributed by atoms with van der Waals surface area (Å²) in [7, 11) is 0. The van der Waals surface area contributed by atoms with E-state index < -0.39 is 0 Å². The van der Waals surface area contributed by atoms with Gasteiger partial charge in [-0.05, 0) is 31.5 Å². The topological polar surface area (TPSA) is 55.1 Å². The molecule has 1 aromatic heterocycles. The van der Waals surface area contributed by atoms with Crippen LogP contribution in [0.25, 0.3) is 5.69 Å². The van der Waals surface area contributed by atoms with Crippen molar-refractivity contribution in [2.24, 2.45) is 0 Å². The average Bonchev–Trinajstić information content (AvgIpc) is 2.35. The van der Waals surface area contributed by atoms with Crippen LogP contribution in [0.3, 0.4) is 0 Å². The van der Waals surface area contributed by atoms with Gasteiger partial charge < -0.3 is 5.11 Å². The molecule has 1 aromatic carbocycles. The smallest absolute Gasteiger partial charge is 0.271 e. The molecule has 0 fully saturated rings. The van der Waals surface area contributed by atoms with Gasteiger partial charge in [0.05, 0.1) is 18.0 Å². The van der Waals surface area contributed by atoms with Crippen LogP contribution >= 0.6 is 11.6 Å². The van der Waals surface area contributed by atoms with Crippen LogP contribution < -0.4 is 5.56 Å². The highest BCUT2D eigenvalue weighted by molar-refractivity contribution is 6.30. The predicted octanol–water partition coefficient (Wildman–Crippen LogP) is 2.00. The fourth-order valence-corrected chi connectivity index (χ4v) is 1.89. The zero-order valence-corrected chi connectivity index (χ0v) is 10.9. The number of aliphatic hydroxyl groups excluding tert-OH is 1. The van der Waals surface area contributed by atoms with E-state index in [0.717, 1.165) is 5.56 Å².